The van der Waals surface area contributed by atoms with E-state index < -0.39 is 6.10 Å². The monoisotopic (exact) mass is 365 g/mol. The van der Waals surface area contributed by atoms with E-state index in [2.05, 4.69) is 36.3 Å². The van der Waals surface area contributed by atoms with E-state index in [1.165, 1.54) is 16.6 Å². The van der Waals surface area contributed by atoms with Crippen LogP contribution < -0.4 is 9.47 Å². The molecule has 2 aromatic carbocycles. The Balaban J connectivity index is 2.02. The molecule has 4 nitrogen and oxygen atoms in total. The number of aromatic nitrogens is 1. The summed E-state index contributed by atoms with van der Waals surface area (Å²) in [6, 6.07) is 13.9. The number of aliphatic hydroxyl groups excluding tert-OH is 1. The van der Waals surface area contributed by atoms with Gasteiger partial charge in [0.25, 0.3) is 0 Å². The highest BCUT2D eigenvalue weighted by atomic mass is 16.5. The Kier molecular flexibility index (Phi) is 5.87. The van der Waals surface area contributed by atoms with Crippen LogP contribution in [0.15, 0.2) is 55.1 Å². The van der Waals surface area contributed by atoms with Crippen LogP contribution in [0.25, 0.3) is 10.9 Å². The van der Waals surface area contributed by atoms with Crippen LogP contribution in [0.4, 0.5) is 0 Å². The summed E-state index contributed by atoms with van der Waals surface area (Å²) in [6.07, 6.45) is 3.01. The molecular formula is C23H27NO3. The van der Waals surface area contributed by atoms with Gasteiger partial charge in [-0.15, -0.1) is 6.58 Å². The Morgan fingerprint density at radius 2 is 1.85 bits per heavy atom. The quantitative estimate of drug-likeness (QED) is 0.589. The van der Waals surface area contributed by atoms with Crippen LogP contribution in [-0.2, 0) is 19.4 Å². The molecule has 0 bridgehead atoms. The minimum Gasteiger partial charge on any atom is -0.493 e. The summed E-state index contributed by atoms with van der Waals surface area (Å²) in [6.45, 7) is 6.54. The summed E-state index contributed by atoms with van der Waals surface area (Å²) in [7, 11) is 3.21. The average Bonchev–Trinajstić information content (AvgIpc) is 3.00. The van der Waals surface area contributed by atoms with Gasteiger partial charge in [0.1, 0.15) is 0 Å². The van der Waals surface area contributed by atoms with E-state index in [4.69, 9.17) is 9.47 Å². The molecule has 0 aliphatic heterocycles. The first kappa shape index (κ1) is 19.1. The molecule has 1 aromatic heterocycles. The fourth-order valence-electron chi connectivity index (χ4n) is 3.75. The molecule has 27 heavy (non-hydrogen) atoms. The molecule has 0 amide bonds. The van der Waals surface area contributed by atoms with Crippen LogP contribution in [0.3, 0.4) is 0 Å². The molecule has 3 rings (SSSR count). The fourth-order valence-corrected chi connectivity index (χ4v) is 3.75. The van der Waals surface area contributed by atoms with Gasteiger partial charge in [0.2, 0.25) is 0 Å². The lowest BCUT2D eigenvalue weighted by molar-refractivity contribution is 0.156. The molecule has 4 heteroatoms. The van der Waals surface area contributed by atoms with Crippen molar-refractivity contribution in [1.82, 2.24) is 4.57 Å². The normalized spacial score (nSPS) is 12.1. The third kappa shape index (κ3) is 3.58. The van der Waals surface area contributed by atoms with Crippen LogP contribution in [0.5, 0.6) is 11.5 Å². The van der Waals surface area contributed by atoms with Gasteiger partial charge in [-0.05, 0) is 42.2 Å². The summed E-state index contributed by atoms with van der Waals surface area (Å²) < 4.78 is 12.9. The first-order valence-corrected chi connectivity index (χ1v) is 9.24. The smallest absolute Gasteiger partial charge is 0.161 e. The molecular weight excluding hydrogens is 338 g/mol. The van der Waals surface area contributed by atoms with Gasteiger partial charge in [-0.3, -0.25) is 0 Å². The second kappa shape index (κ2) is 8.31. The fraction of sp³-hybridized carbons (Fsp3) is 0.304. The summed E-state index contributed by atoms with van der Waals surface area (Å²) in [4.78, 5) is 0. The number of methoxy groups -OCH3 is 2. The first-order valence-electron chi connectivity index (χ1n) is 9.24. The summed E-state index contributed by atoms with van der Waals surface area (Å²) in [5.41, 5.74) is 4.49. The SMILES string of the molecule is C=CCc1c(CC)n(CC(O)c2ccc(OC)c(OC)c2)c2ccccc12. The van der Waals surface area contributed by atoms with Gasteiger partial charge in [0, 0.05) is 16.6 Å². The van der Waals surface area contributed by atoms with Crippen LogP contribution in [0, 0.1) is 0 Å². The van der Waals surface area contributed by atoms with Gasteiger partial charge < -0.3 is 19.1 Å². The van der Waals surface area contributed by atoms with Crippen molar-refractivity contribution in [2.75, 3.05) is 14.2 Å². The molecule has 0 saturated carbocycles. The predicted molar refractivity (Wildman–Crippen MR) is 110 cm³/mol. The zero-order valence-corrected chi connectivity index (χ0v) is 16.2. The second-order valence-corrected chi connectivity index (χ2v) is 6.53. The second-order valence-electron chi connectivity index (χ2n) is 6.53. The van der Waals surface area contributed by atoms with Gasteiger partial charge >= 0.3 is 0 Å². The molecule has 0 spiro atoms. The highest BCUT2D eigenvalue weighted by molar-refractivity contribution is 5.85. The van der Waals surface area contributed by atoms with Crippen molar-refractivity contribution < 1.29 is 14.6 Å². The molecule has 0 radical (unpaired) electrons. The lowest BCUT2D eigenvalue weighted by Gasteiger charge is -2.18. The van der Waals surface area contributed by atoms with Crippen molar-refractivity contribution in [2.45, 2.75) is 32.4 Å². The summed E-state index contributed by atoms with van der Waals surface area (Å²) in [5.74, 6) is 1.27. The number of benzene rings is 2. The summed E-state index contributed by atoms with van der Waals surface area (Å²) in [5, 5.41) is 12.2. The lowest BCUT2D eigenvalue weighted by atomic mass is 10.1. The van der Waals surface area contributed by atoms with E-state index >= 15 is 0 Å². The number of hydrogen-bond donors (Lipinski definition) is 1. The third-order valence-electron chi connectivity index (χ3n) is 5.03. The molecule has 0 aliphatic rings. The summed E-state index contributed by atoms with van der Waals surface area (Å²) >= 11 is 0. The molecule has 0 fully saturated rings. The zero-order valence-electron chi connectivity index (χ0n) is 16.2. The Morgan fingerprint density at radius 1 is 1.11 bits per heavy atom. The largest absolute Gasteiger partial charge is 0.493 e. The first-order chi connectivity index (χ1) is 13.1. The maximum atomic E-state index is 10.9. The van der Waals surface area contributed by atoms with E-state index in [9.17, 15) is 5.11 Å². The molecule has 1 N–H and O–H groups in total. The van der Waals surface area contributed by atoms with Gasteiger partial charge in [-0.2, -0.15) is 0 Å². The number of nitrogens with zero attached hydrogens (tertiary/aromatic N) is 1. The Hall–Kier alpha value is -2.72. The van der Waals surface area contributed by atoms with Crippen molar-refractivity contribution in [3.63, 3.8) is 0 Å². The van der Waals surface area contributed by atoms with E-state index in [1.807, 2.05) is 30.3 Å². The van der Waals surface area contributed by atoms with Crippen molar-refractivity contribution in [1.29, 1.82) is 0 Å². The van der Waals surface area contributed by atoms with Crippen molar-refractivity contribution in [3.8, 4) is 11.5 Å². The molecule has 3 aromatic rings. The van der Waals surface area contributed by atoms with Crippen LogP contribution >= 0.6 is 0 Å². The van der Waals surface area contributed by atoms with Crippen molar-refractivity contribution >= 4 is 10.9 Å². The molecule has 1 atom stereocenters. The van der Waals surface area contributed by atoms with Crippen LogP contribution in [-0.4, -0.2) is 23.9 Å². The number of ether oxygens (including phenoxy) is 2. The van der Waals surface area contributed by atoms with Gasteiger partial charge in [0.15, 0.2) is 11.5 Å². The van der Waals surface area contributed by atoms with E-state index in [1.54, 1.807) is 14.2 Å². The molecule has 1 unspecified atom stereocenters. The van der Waals surface area contributed by atoms with Gasteiger partial charge in [-0.1, -0.05) is 37.3 Å². The van der Waals surface area contributed by atoms with Crippen LogP contribution in [0.2, 0.25) is 0 Å². The maximum Gasteiger partial charge on any atom is 0.161 e. The molecule has 0 aliphatic carbocycles. The van der Waals surface area contributed by atoms with E-state index in [-0.39, 0.29) is 0 Å². The number of fused-ring (bicyclic) bond motifs is 1. The number of allylic oxidation sites excluding steroid dienone is 1. The number of hydrogen-bond acceptors (Lipinski definition) is 3. The maximum absolute atomic E-state index is 10.9. The zero-order chi connectivity index (χ0) is 19.4. The predicted octanol–water partition coefficient (Wildman–Crippen LogP) is 4.68. The number of rotatable bonds is 8. The van der Waals surface area contributed by atoms with E-state index in [0.717, 1.165) is 23.9 Å². The van der Waals surface area contributed by atoms with Gasteiger partial charge in [0.05, 0.1) is 26.9 Å². The standard InChI is InChI=1S/C23H27NO3/c1-5-9-17-18-10-7-8-11-20(18)24(19(17)6-2)15-21(25)16-12-13-22(26-3)23(14-16)27-4/h5,7-8,10-14,21,25H,1,6,9,15H2,2-4H3. The highest BCUT2D eigenvalue weighted by Gasteiger charge is 2.19. The minimum atomic E-state index is -0.650. The lowest BCUT2D eigenvalue weighted by Crippen LogP contribution is -2.12. The average molecular weight is 365 g/mol. The van der Waals surface area contributed by atoms with Gasteiger partial charge in [-0.25, -0.2) is 0 Å². The highest BCUT2D eigenvalue weighted by Crippen LogP contribution is 2.33. The third-order valence-corrected chi connectivity index (χ3v) is 5.03. The van der Waals surface area contributed by atoms with Crippen LogP contribution in [0.1, 0.15) is 29.8 Å². The Labute approximate surface area is 160 Å². The Morgan fingerprint density at radius 3 is 2.52 bits per heavy atom. The molecule has 142 valence electrons. The Bertz CT molecular complexity index is 942. The molecule has 1 heterocycles. The number of aliphatic hydroxyl groups is 1. The topological polar surface area (TPSA) is 43.6 Å². The van der Waals surface area contributed by atoms with Crippen molar-refractivity contribution in [3.05, 3.63) is 71.9 Å². The minimum absolute atomic E-state index is 0.482. The van der Waals surface area contributed by atoms with Crippen molar-refractivity contribution in [2.24, 2.45) is 0 Å². The van der Waals surface area contributed by atoms with E-state index in [0.29, 0.717) is 18.0 Å². The molecule has 0 saturated heterocycles. The number of para-hydroxylation sites is 1.